The first-order valence-corrected chi connectivity index (χ1v) is 7.94. The number of carbonyl (C=O) groups excluding carboxylic acids is 1. The molecule has 6 nitrogen and oxygen atoms in total. The third kappa shape index (κ3) is 3.13. The van der Waals surface area contributed by atoms with Crippen LogP contribution in [0.25, 0.3) is 0 Å². The summed E-state index contributed by atoms with van der Waals surface area (Å²) in [6.45, 7) is 5.10. The number of nitriles is 1. The van der Waals surface area contributed by atoms with E-state index >= 15 is 0 Å². The van der Waals surface area contributed by atoms with Crippen molar-refractivity contribution in [1.82, 2.24) is 4.57 Å². The molecule has 25 heavy (non-hydrogen) atoms. The number of hydrogen-bond acceptors (Lipinski definition) is 5. The van der Waals surface area contributed by atoms with Gasteiger partial charge in [0.1, 0.15) is 17.4 Å². The topological polar surface area (TPSA) is 92.3 Å². The summed E-state index contributed by atoms with van der Waals surface area (Å²) in [5.41, 5.74) is -0.225. The average molecular weight is 340 g/mol. The summed E-state index contributed by atoms with van der Waals surface area (Å²) in [4.78, 5) is 25.4. The van der Waals surface area contributed by atoms with Gasteiger partial charge < -0.3 is 9.84 Å². The van der Waals surface area contributed by atoms with E-state index in [-0.39, 0.29) is 22.7 Å². The van der Waals surface area contributed by atoms with E-state index in [4.69, 9.17) is 4.74 Å². The second-order valence-corrected chi connectivity index (χ2v) is 5.80. The van der Waals surface area contributed by atoms with Crippen LogP contribution in [0.1, 0.15) is 53.4 Å². The van der Waals surface area contributed by atoms with Crippen molar-refractivity contribution < 1.29 is 14.6 Å². The number of aromatic nitrogens is 1. The molecule has 0 saturated carbocycles. The summed E-state index contributed by atoms with van der Waals surface area (Å²) in [5, 5.41) is 20.0. The largest absolute Gasteiger partial charge is 0.497 e. The van der Waals surface area contributed by atoms with Crippen LogP contribution in [-0.2, 0) is 0 Å². The maximum Gasteiger partial charge on any atom is 0.271 e. The summed E-state index contributed by atoms with van der Waals surface area (Å²) in [7, 11) is 1.52. The molecule has 6 heteroatoms. The Balaban J connectivity index is 2.73. The van der Waals surface area contributed by atoms with Gasteiger partial charge in [-0.1, -0.05) is 6.92 Å². The van der Waals surface area contributed by atoms with Crippen molar-refractivity contribution in [1.29, 1.82) is 5.26 Å². The molecule has 1 aromatic heterocycles. The van der Waals surface area contributed by atoms with Crippen molar-refractivity contribution in [2.24, 2.45) is 0 Å². The molecule has 0 fully saturated rings. The van der Waals surface area contributed by atoms with E-state index in [2.05, 4.69) is 0 Å². The molecule has 2 aromatic rings. The maximum absolute atomic E-state index is 12.9. The smallest absolute Gasteiger partial charge is 0.271 e. The van der Waals surface area contributed by atoms with Crippen LogP contribution in [-0.4, -0.2) is 22.6 Å². The highest BCUT2D eigenvalue weighted by atomic mass is 16.5. The van der Waals surface area contributed by atoms with Crippen molar-refractivity contribution in [2.45, 2.75) is 33.2 Å². The van der Waals surface area contributed by atoms with Crippen molar-refractivity contribution in [3.05, 3.63) is 56.9 Å². The number of ether oxygens (including phenoxy) is 1. The van der Waals surface area contributed by atoms with E-state index in [1.54, 1.807) is 31.2 Å². The molecule has 1 unspecified atom stereocenters. The standard InChI is InChI=1S/C19H20N2O4/c1-5-11(2)21-18(23)15(10-20)12(3)16(19(21)24)17(22)13-6-8-14(25-4)9-7-13/h6-9,11,24H,5H2,1-4H3. The molecule has 0 bridgehead atoms. The van der Waals surface area contributed by atoms with Crippen LogP contribution in [0, 0.1) is 18.3 Å². The predicted molar refractivity (Wildman–Crippen MR) is 93.2 cm³/mol. The van der Waals surface area contributed by atoms with Crippen LogP contribution < -0.4 is 10.3 Å². The molecule has 0 radical (unpaired) electrons. The quantitative estimate of drug-likeness (QED) is 0.845. The van der Waals surface area contributed by atoms with Gasteiger partial charge in [0.15, 0.2) is 5.78 Å². The Hall–Kier alpha value is -3.07. The van der Waals surface area contributed by atoms with Crippen LogP contribution >= 0.6 is 0 Å². The van der Waals surface area contributed by atoms with E-state index in [0.717, 1.165) is 4.57 Å². The van der Waals surface area contributed by atoms with Crippen LogP contribution in [0.4, 0.5) is 0 Å². The number of methoxy groups -OCH3 is 1. The molecule has 1 heterocycles. The highest BCUT2D eigenvalue weighted by molar-refractivity contribution is 6.11. The molecule has 0 spiro atoms. The van der Waals surface area contributed by atoms with E-state index in [0.29, 0.717) is 17.7 Å². The Morgan fingerprint density at radius 1 is 1.36 bits per heavy atom. The normalized spacial score (nSPS) is 11.6. The van der Waals surface area contributed by atoms with Crippen molar-refractivity contribution in [2.75, 3.05) is 7.11 Å². The van der Waals surface area contributed by atoms with E-state index in [1.165, 1.54) is 14.0 Å². The number of rotatable bonds is 5. The number of ketones is 1. The minimum atomic E-state index is -0.585. The first-order valence-electron chi connectivity index (χ1n) is 7.94. The maximum atomic E-state index is 12.9. The van der Waals surface area contributed by atoms with E-state index < -0.39 is 17.2 Å². The van der Waals surface area contributed by atoms with Crippen molar-refractivity contribution in [3.63, 3.8) is 0 Å². The number of nitrogens with zero attached hydrogens (tertiary/aromatic N) is 2. The molecular weight excluding hydrogens is 320 g/mol. The lowest BCUT2D eigenvalue weighted by Gasteiger charge is -2.19. The van der Waals surface area contributed by atoms with Gasteiger partial charge in [-0.3, -0.25) is 14.2 Å². The summed E-state index contributed by atoms with van der Waals surface area (Å²) in [5.74, 6) is -0.261. The van der Waals surface area contributed by atoms with E-state index in [9.17, 15) is 20.0 Å². The van der Waals surface area contributed by atoms with Gasteiger partial charge >= 0.3 is 0 Å². The summed E-state index contributed by atoms with van der Waals surface area (Å²) < 4.78 is 6.18. The molecule has 0 aliphatic rings. The SMILES string of the molecule is CCC(C)n1c(O)c(C(=O)c2ccc(OC)cc2)c(C)c(C#N)c1=O. The predicted octanol–water partition coefficient (Wildman–Crippen LogP) is 2.94. The second-order valence-electron chi connectivity index (χ2n) is 5.80. The minimum Gasteiger partial charge on any atom is -0.497 e. The molecule has 0 amide bonds. The van der Waals surface area contributed by atoms with Gasteiger partial charge in [-0.25, -0.2) is 0 Å². The van der Waals surface area contributed by atoms with Gasteiger partial charge in [0.2, 0.25) is 5.88 Å². The lowest BCUT2D eigenvalue weighted by molar-refractivity contribution is 0.103. The van der Waals surface area contributed by atoms with Gasteiger partial charge in [-0.05, 0) is 50.1 Å². The zero-order valence-corrected chi connectivity index (χ0v) is 14.7. The Morgan fingerprint density at radius 3 is 2.44 bits per heavy atom. The Labute approximate surface area is 145 Å². The number of pyridine rings is 1. The van der Waals surface area contributed by atoms with Gasteiger partial charge in [-0.15, -0.1) is 0 Å². The molecule has 130 valence electrons. The fourth-order valence-corrected chi connectivity index (χ4v) is 2.67. The Kier molecular flexibility index (Phi) is 5.28. The lowest BCUT2D eigenvalue weighted by atomic mass is 9.96. The molecule has 1 aromatic carbocycles. The monoisotopic (exact) mass is 340 g/mol. The molecule has 0 saturated heterocycles. The van der Waals surface area contributed by atoms with E-state index in [1.807, 2.05) is 13.0 Å². The fourth-order valence-electron chi connectivity index (χ4n) is 2.67. The third-order valence-corrected chi connectivity index (χ3v) is 4.36. The Morgan fingerprint density at radius 2 is 1.96 bits per heavy atom. The van der Waals surface area contributed by atoms with Gasteiger partial charge in [0, 0.05) is 11.6 Å². The number of carbonyl (C=O) groups is 1. The van der Waals surface area contributed by atoms with Gasteiger partial charge in [0.25, 0.3) is 5.56 Å². The van der Waals surface area contributed by atoms with Crippen LogP contribution in [0.2, 0.25) is 0 Å². The highest BCUT2D eigenvalue weighted by Gasteiger charge is 2.26. The zero-order chi connectivity index (χ0) is 18.7. The first-order chi connectivity index (χ1) is 11.9. The first kappa shape index (κ1) is 18.3. The highest BCUT2D eigenvalue weighted by Crippen LogP contribution is 2.28. The lowest BCUT2D eigenvalue weighted by Crippen LogP contribution is -2.28. The number of hydrogen-bond donors (Lipinski definition) is 1. The fraction of sp³-hybridized carbons (Fsp3) is 0.316. The molecule has 1 atom stereocenters. The summed E-state index contributed by atoms with van der Waals surface area (Å²) in [6, 6.07) is 7.93. The summed E-state index contributed by atoms with van der Waals surface area (Å²) in [6.07, 6.45) is 0.567. The molecule has 0 aliphatic carbocycles. The number of aromatic hydroxyl groups is 1. The molecule has 0 aliphatic heterocycles. The van der Waals surface area contributed by atoms with Gasteiger partial charge in [0.05, 0.1) is 12.7 Å². The van der Waals surface area contributed by atoms with Crippen molar-refractivity contribution >= 4 is 5.78 Å². The van der Waals surface area contributed by atoms with Crippen LogP contribution in [0.15, 0.2) is 29.1 Å². The van der Waals surface area contributed by atoms with Crippen molar-refractivity contribution in [3.8, 4) is 17.7 Å². The van der Waals surface area contributed by atoms with Crippen LogP contribution in [0.3, 0.4) is 0 Å². The summed E-state index contributed by atoms with van der Waals surface area (Å²) >= 11 is 0. The zero-order valence-electron chi connectivity index (χ0n) is 14.7. The molecule has 2 rings (SSSR count). The number of benzene rings is 1. The minimum absolute atomic E-state index is 0.0263. The van der Waals surface area contributed by atoms with Gasteiger partial charge in [-0.2, -0.15) is 5.26 Å². The average Bonchev–Trinajstić information content (AvgIpc) is 2.61. The molecule has 1 N–H and O–H groups in total. The second kappa shape index (κ2) is 7.22. The molecular formula is C19H20N2O4. The Bertz CT molecular complexity index is 905. The van der Waals surface area contributed by atoms with Crippen LogP contribution in [0.5, 0.6) is 11.6 Å². The third-order valence-electron chi connectivity index (χ3n) is 4.36.